The van der Waals surface area contributed by atoms with E-state index in [1.54, 1.807) is 17.5 Å². The summed E-state index contributed by atoms with van der Waals surface area (Å²) in [5.41, 5.74) is 2.58. The van der Waals surface area contributed by atoms with Crippen LogP contribution in [0.15, 0.2) is 54.7 Å². The molecule has 146 valence electrons. The summed E-state index contributed by atoms with van der Waals surface area (Å²) in [5, 5.41) is 2.09. The molecule has 2 aromatic carbocycles. The summed E-state index contributed by atoms with van der Waals surface area (Å²) in [6, 6.07) is 15.8. The van der Waals surface area contributed by atoms with Crippen molar-refractivity contribution < 1.29 is 9.53 Å². The summed E-state index contributed by atoms with van der Waals surface area (Å²) in [6.45, 7) is 3.38. The van der Waals surface area contributed by atoms with Gasteiger partial charge in [-0.3, -0.25) is 9.78 Å². The third-order valence-electron chi connectivity index (χ3n) is 5.36. The number of piperidine rings is 1. The largest absolute Gasteiger partial charge is 0.488 e. The van der Waals surface area contributed by atoms with Crippen LogP contribution in [0.4, 0.5) is 0 Å². The van der Waals surface area contributed by atoms with E-state index in [0.29, 0.717) is 13.1 Å². The molecular formula is C23H21N3O2S. The van der Waals surface area contributed by atoms with Gasteiger partial charge in [0.05, 0.1) is 15.2 Å². The molecule has 0 aliphatic carbocycles. The Kier molecular flexibility index (Phi) is 4.64. The SMILES string of the molecule is Cc1nc2ccc(C(=O)N3CCC(Oc4cccc5cccnc45)CC3)cc2s1. The van der Waals surface area contributed by atoms with E-state index in [1.807, 2.05) is 60.4 Å². The number of carbonyl (C=O) groups excluding carboxylic acids is 1. The van der Waals surface area contributed by atoms with Crippen LogP contribution < -0.4 is 4.74 Å². The van der Waals surface area contributed by atoms with Gasteiger partial charge in [-0.15, -0.1) is 11.3 Å². The highest BCUT2D eigenvalue weighted by Crippen LogP contribution is 2.27. The highest BCUT2D eigenvalue weighted by molar-refractivity contribution is 7.18. The van der Waals surface area contributed by atoms with Gasteiger partial charge in [-0.05, 0) is 37.3 Å². The second-order valence-electron chi connectivity index (χ2n) is 7.36. The zero-order chi connectivity index (χ0) is 19.8. The Balaban J connectivity index is 1.26. The predicted molar refractivity (Wildman–Crippen MR) is 116 cm³/mol. The number of pyridine rings is 1. The molecule has 0 atom stereocenters. The molecule has 2 aromatic heterocycles. The lowest BCUT2D eigenvalue weighted by molar-refractivity contribution is 0.0598. The normalized spacial score (nSPS) is 15.1. The van der Waals surface area contributed by atoms with Crippen LogP contribution in [0, 0.1) is 6.92 Å². The lowest BCUT2D eigenvalue weighted by Crippen LogP contribution is -2.41. The quantitative estimate of drug-likeness (QED) is 0.491. The molecule has 0 bridgehead atoms. The van der Waals surface area contributed by atoms with Crippen molar-refractivity contribution in [2.45, 2.75) is 25.9 Å². The van der Waals surface area contributed by atoms with Crippen molar-refractivity contribution in [1.82, 2.24) is 14.9 Å². The minimum Gasteiger partial charge on any atom is -0.488 e. The number of hydrogen-bond donors (Lipinski definition) is 0. The number of thiazole rings is 1. The second-order valence-corrected chi connectivity index (χ2v) is 8.59. The minimum atomic E-state index is 0.0863. The Labute approximate surface area is 173 Å². The number of para-hydroxylation sites is 1. The number of carbonyl (C=O) groups is 1. The fraction of sp³-hybridized carbons (Fsp3) is 0.261. The zero-order valence-electron chi connectivity index (χ0n) is 16.2. The number of nitrogens with zero attached hydrogens (tertiary/aromatic N) is 3. The molecule has 1 aliphatic rings. The molecule has 6 heteroatoms. The molecule has 1 aliphatic heterocycles. The van der Waals surface area contributed by atoms with Gasteiger partial charge in [-0.2, -0.15) is 0 Å². The molecule has 0 N–H and O–H groups in total. The molecule has 3 heterocycles. The molecule has 5 rings (SSSR count). The number of benzene rings is 2. The average Bonchev–Trinajstić information content (AvgIpc) is 3.13. The average molecular weight is 404 g/mol. The smallest absolute Gasteiger partial charge is 0.253 e. The number of fused-ring (bicyclic) bond motifs is 2. The van der Waals surface area contributed by atoms with E-state index in [-0.39, 0.29) is 12.0 Å². The van der Waals surface area contributed by atoms with Crippen molar-refractivity contribution >= 4 is 38.4 Å². The molecule has 1 amide bonds. The Morgan fingerprint density at radius 3 is 2.83 bits per heavy atom. The first-order chi connectivity index (χ1) is 14.2. The number of amides is 1. The maximum atomic E-state index is 12.9. The summed E-state index contributed by atoms with van der Waals surface area (Å²) in [4.78, 5) is 23.8. The number of rotatable bonds is 3. The van der Waals surface area contributed by atoms with Crippen LogP contribution in [0.25, 0.3) is 21.1 Å². The van der Waals surface area contributed by atoms with Crippen molar-refractivity contribution in [2.24, 2.45) is 0 Å². The van der Waals surface area contributed by atoms with Crippen molar-refractivity contribution in [3.63, 3.8) is 0 Å². The molecule has 1 saturated heterocycles. The van der Waals surface area contributed by atoms with Crippen LogP contribution in [-0.2, 0) is 0 Å². The molecule has 0 spiro atoms. The van der Waals surface area contributed by atoms with Gasteiger partial charge in [0.15, 0.2) is 0 Å². The van der Waals surface area contributed by atoms with Crippen molar-refractivity contribution in [3.8, 4) is 5.75 Å². The van der Waals surface area contributed by atoms with Crippen LogP contribution in [0.1, 0.15) is 28.2 Å². The van der Waals surface area contributed by atoms with E-state index >= 15 is 0 Å². The van der Waals surface area contributed by atoms with Crippen molar-refractivity contribution in [2.75, 3.05) is 13.1 Å². The predicted octanol–water partition coefficient (Wildman–Crippen LogP) is 4.84. The van der Waals surface area contributed by atoms with Gasteiger partial charge < -0.3 is 9.64 Å². The van der Waals surface area contributed by atoms with E-state index in [9.17, 15) is 4.79 Å². The van der Waals surface area contributed by atoms with E-state index < -0.39 is 0 Å². The topological polar surface area (TPSA) is 55.3 Å². The molecule has 0 radical (unpaired) electrons. The molecule has 0 unspecified atom stereocenters. The maximum Gasteiger partial charge on any atom is 0.253 e. The lowest BCUT2D eigenvalue weighted by atomic mass is 10.1. The third kappa shape index (κ3) is 3.56. The standard InChI is InChI=1S/C23H21N3O2S/c1-15-25-19-8-7-17(14-21(19)29-15)23(27)26-12-9-18(10-13-26)28-20-6-2-4-16-5-3-11-24-22(16)20/h2-8,11,14,18H,9-10,12-13H2,1H3. The number of aryl methyl sites for hydroxylation is 1. The second kappa shape index (κ2) is 7.44. The van der Waals surface area contributed by atoms with Crippen molar-refractivity contribution in [1.29, 1.82) is 0 Å². The Hall–Kier alpha value is -2.99. The number of aromatic nitrogens is 2. The third-order valence-corrected chi connectivity index (χ3v) is 6.29. The van der Waals surface area contributed by atoms with Crippen LogP contribution >= 0.6 is 11.3 Å². The Morgan fingerprint density at radius 1 is 1.14 bits per heavy atom. The summed E-state index contributed by atoms with van der Waals surface area (Å²) in [5.74, 6) is 0.905. The first-order valence-electron chi connectivity index (χ1n) is 9.84. The first-order valence-corrected chi connectivity index (χ1v) is 10.7. The molecular weight excluding hydrogens is 382 g/mol. The number of ether oxygens (including phenoxy) is 1. The van der Waals surface area contributed by atoms with Gasteiger partial charge in [0.1, 0.15) is 17.4 Å². The van der Waals surface area contributed by atoms with Gasteiger partial charge in [-0.25, -0.2) is 4.98 Å². The zero-order valence-corrected chi connectivity index (χ0v) is 17.0. The lowest BCUT2D eigenvalue weighted by Gasteiger charge is -2.32. The fourth-order valence-electron chi connectivity index (χ4n) is 3.88. The molecule has 29 heavy (non-hydrogen) atoms. The number of likely N-dealkylation sites (tertiary alicyclic amines) is 1. The van der Waals surface area contributed by atoms with Crippen LogP contribution in [-0.4, -0.2) is 40.0 Å². The molecule has 4 aromatic rings. The monoisotopic (exact) mass is 403 g/mol. The van der Waals surface area contributed by atoms with Gasteiger partial charge in [-0.1, -0.05) is 18.2 Å². The Morgan fingerprint density at radius 2 is 1.97 bits per heavy atom. The van der Waals surface area contributed by atoms with Gasteiger partial charge in [0.2, 0.25) is 0 Å². The van der Waals surface area contributed by atoms with Crippen LogP contribution in [0.2, 0.25) is 0 Å². The minimum absolute atomic E-state index is 0.0863. The number of hydrogen-bond acceptors (Lipinski definition) is 5. The molecule has 0 saturated carbocycles. The van der Waals surface area contributed by atoms with Gasteiger partial charge >= 0.3 is 0 Å². The summed E-state index contributed by atoms with van der Waals surface area (Å²) >= 11 is 1.63. The summed E-state index contributed by atoms with van der Waals surface area (Å²) in [6.07, 6.45) is 3.52. The summed E-state index contributed by atoms with van der Waals surface area (Å²) in [7, 11) is 0. The van der Waals surface area contributed by atoms with E-state index in [4.69, 9.17) is 4.74 Å². The maximum absolute atomic E-state index is 12.9. The van der Waals surface area contributed by atoms with Gasteiger partial charge in [0, 0.05) is 43.1 Å². The van der Waals surface area contributed by atoms with Crippen LogP contribution in [0.3, 0.4) is 0 Å². The van der Waals surface area contributed by atoms with E-state index in [1.165, 1.54) is 0 Å². The fourth-order valence-corrected chi connectivity index (χ4v) is 4.75. The first kappa shape index (κ1) is 18.1. The highest BCUT2D eigenvalue weighted by Gasteiger charge is 2.25. The van der Waals surface area contributed by atoms with Crippen molar-refractivity contribution in [3.05, 3.63) is 65.3 Å². The van der Waals surface area contributed by atoms with E-state index in [0.717, 1.165) is 50.3 Å². The molecule has 5 nitrogen and oxygen atoms in total. The highest BCUT2D eigenvalue weighted by atomic mass is 32.1. The van der Waals surface area contributed by atoms with Crippen LogP contribution in [0.5, 0.6) is 5.75 Å². The van der Waals surface area contributed by atoms with E-state index in [2.05, 4.69) is 9.97 Å². The molecule has 1 fully saturated rings. The van der Waals surface area contributed by atoms with Gasteiger partial charge in [0.25, 0.3) is 5.91 Å². The summed E-state index contributed by atoms with van der Waals surface area (Å²) < 4.78 is 7.32. The Bertz CT molecular complexity index is 1190.